The zero-order valence-corrected chi connectivity index (χ0v) is 19.8. The molecule has 0 spiro atoms. The first-order valence-electron chi connectivity index (χ1n) is 12.9. The van der Waals surface area contributed by atoms with Crippen LogP contribution in [0, 0.1) is 17.3 Å². The molecule has 5 rings (SSSR count). The van der Waals surface area contributed by atoms with Gasteiger partial charge in [0.2, 0.25) is 5.91 Å². The van der Waals surface area contributed by atoms with Crippen molar-refractivity contribution >= 4 is 11.6 Å². The number of amides is 1. The molecule has 2 aliphatic heterocycles. The number of hydrogen-bond acceptors (Lipinski definition) is 4. The minimum absolute atomic E-state index is 0.244. The van der Waals surface area contributed by atoms with Gasteiger partial charge >= 0.3 is 6.18 Å². The van der Waals surface area contributed by atoms with Gasteiger partial charge in [-0.15, -0.1) is 0 Å². The molecule has 0 radical (unpaired) electrons. The van der Waals surface area contributed by atoms with Gasteiger partial charge < -0.3 is 19.9 Å². The third-order valence-corrected chi connectivity index (χ3v) is 8.70. The highest BCUT2D eigenvalue weighted by molar-refractivity contribution is 5.84. The molecule has 1 aromatic rings. The molecule has 3 unspecified atom stereocenters. The van der Waals surface area contributed by atoms with Crippen LogP contribution in [0.2, 0.25) is 0 Å². The quantitative estimate of drug-likeness (QED) is 0.683. The summed E-state index contributed by atoms with van der Waals surface area (Å²) in [6.45, 7) is 5.01. The lowest BCUT2D eigenvalue weighted by molar-refractivity contribution is -0.143. The Kier molecular flexibility index (Phi) is 6.81. The summed E-state index contributed by atoms with van der Waals surface area (Å²) in [5, 5.41) is 3.78. The molecule has 8 heteroatoms. The van der Waals surface area contributed by atoms with Crippen LogP contribution in [0.25, 0.3) is 0 Å². The van der Waals surface area contributed by atoms with E-state index in [1.165, 1.54) is 12.1 Å². The Morgan fingerprint density at radius 3 is 2.62 bits per heavy atom. The minimum Gasteiger partial charge on any atom is -0.381 e. The molecule has 4 fully saturated rings. The first kappa shape index (κ1) is 23.9. The normalized spacial score (nSPS) is 30.6. The first-order chi connectivity index (χ1) is 16.3. The topological polar surface area (TPSA) is 44.8 Å². The van der Waals surface area contributed by atoms with Gasteiger partial charge in [-0.05, 0) is 75.1 Å². The number of piperazine rings is 1. The van der Waals surface area contributed by atoms with E-state index < -0.39 is 11.7 Å². The molecule has 4 aliphatic rings. The number of benzene rings is 1. The summed E-state index contributed by atoms with van der Waals surface area (Å²) >= 11 is 0. The lowest BCUT2D eigenvalue weighted by atomic mass is 9.78. The van der Waals surface area contributed by atoms with E-state index in [0.717, 1.165) is 70.8 Å². The zero-order chi connectivity index (χ0) is 23.8. The van der Waals surface area contributed by atoms with E-state index in [2.05, 4.69) is 5.32 Å². The Labute approximate surface area is 200 Å². The Morgan fingerprint density at radius 2 is 1.88 bits per heavy atom. The summed E-state index contributed by atoms with van der Waals surface area (Å²) in [5.41, 5.74) is -0.287. The van der Waals surface area contributed by atoms with E-state index >= 15 is 0 Å². The maximum atomic E-state index is 13.8. The highest BCUT2D eigenvalue weighted by atomic mass is 19.4. The first-order valence-corrected chi connectivity index (χ1v) is 12.9. The third kappa shape index (κ3) is 4.81. The van der Waals surface area contributed by atoms with Gasteiger partial charge in [-0.2, -0.15) is 13.2 Å². The van der Waals surface area contributed by atoms with Crippen molar-refractivity contribution < 1.29 is 22.7 Å². The highest BCUT2D eigenvalue weighted by Crippen LogP contribution is 2.55. The van der Waals surface area contributed by atoms with E-state index in [9.17, 15) is 18.0 Å². The van der Waals surface area contributed by atoms with Crippen molar-refractivity contribution in [2.24, 2.45) is 17.3 Å². The van der Waals surface area contributed by atoms with Gasteiger partial charge in [-0.25, -0.2) is 0 Å². The number of ether oxygens (including phenoxy) is 1. The lowest BCUT2D eigenvalue weighted by Crippen LogP contribution is -2.53. The van der Waals surface area contributed by atoms with Crippen LogP contribution in [0.4, 0.5) is 18.9 Å². The number of nitrogens with zero attached hydrogens (tertiary/aromatic N) is 2. The van der Waals surface area contributed by atoms with Crippen molar-refractivity contribution in [1.82, 2.24) is 10.2 Å². The van der Waals surface area contributed by atoms with Gasteiger partial charge in [0, 0.05) is 51.1 Å². The predicted octanol–water partition coefficient (Wildman–Crippen LogP) is 4.32. The van der Waals surface area contributed by atoms with Gasteiger partial charge in [-0.1, -0.05) is 12.5 Å². The SMILES string of the molecule is O=C(N1CCN(c2cccc(C(F)(F)F)c2)CC1)C12CCCC1CC(NCC1CCOCC1)C2. The number of fused-ring (bicyclic) bond motifs is 1. The molecule has 2 saturated carbocycles. The Balaban J connectivity index is 1.18. The van der Waals surface area contributed by atoms with Crippen LogP contribution in [0.15, 0.2) is 24.3 Å². The van der Waals surface area contributed by atoms with Crippen LogP contribution in [-0.2, 0) is 15.7 Å². The summed E-state index contributed by atoms with van der Waals surface area (Å²) in [7, 11) is 0. The second-order valence-corrected chi connectivity index (χ2v) is 10.7. The molecule has 1 amide bonds. The van der Waals surface area contributed by atoms with E-state index in [1.807, 2.05) is 9.80 Å². The number of halogens is 3. The van der Waals surface area contributed by atoms with Crippen LogP contribution >= 0.6 is 0 Å². The van der Waals surface area contributed by atoms with Crippen LogP contribution in [0.5, 0.6) is 0 Å². The van der Waals surface area contributed by atoms with Gasteiger partial charge in [0.1, 0.15) is 0 Å². The molecular formula is C26H36F3N3O2. The second-order valence-electron chi connectivity index (χ2n) is 10.7. The van der Waals surface area contributed by atoms with Crippen LogP contribution in [0.1, 0.15) is 50.5 Å². The van der Waals surface area contributed by atoms with Gasteiger partial charge in [0.15, 0.2) is 0 Å². The second kappa shape index (κ2) is 9.69. The molecule has 34 heavy (non-hydrogen) atoms. The third-order valence-electron chi connectivity index (χ3n) is 8.70. The van der Waals surface area contributed by atoms with Crippen molar-refractivity contribution in [3.8, 4) is 0 Å². The fraction of sp³-hybridized carbons (Fsp3) is 0.731. The molecule has 188 valence electrons. The van der Waals surface area contributed by atoms with E-state index in [1.54, 1.807) is 6.07 Å². The smallest absolute Gasteiger partial charge is 0.381 e. The lowest BCUT2D eigenvalue weighted by Gasteiger charge is -2.41. The number of nitrogens with one attached hydrogen (secondary N) is 1. The highest BCUT2D eigenvalue weighted by Gasteiger charge is 2.56. The Hall–Kier alpha value is -1.80. The summed E-state index contributed by atoms with van der Waals surface area (Å²) in [5.74, 6) is 1.41. The Bertz CT molecular complexity index is 865. The van der Waals surface area contributed by atoms with Gasteiger partial charge in [0.05, 0.1) is 11.0 Å². The minimum atomic E-state index is -4.34. The summed E-state index contributed by atoms with van der Waals surface area (Å²) < 4.78 is 44.8. The average Bonchev–Trinajstić information content (AvgIpc) is 3.41. The summed E-state index contributed by atoms with van der Waals surface area (Å²) in [4.78, 5) is 17.8. The van der Waals surface area contributed by atoms with E-state index in [-0.39, 0.29) is 11.3 Å². The van der Waals surface area contributed by atoms with Crippen molar-refractivity contribution in [1.29, 1.82) is 0 Å². The fourth-order valence-corrected chi connectivity index (χ4v) is 6.79. The molecule has 5 nitrogen and oxygen atoms in total. The predicted molar refractivity (Wildman–Crippen MR) is 125 cm³/mol. The molecule has 3 atom stereocenters. The van der Waals surface area contributed by atoms with Crippen molar-refractivity contribution in [2.45, 2.75) is 57.2 Å². The summed E-state index contributed by atoms with van der Waals surface area (Å²) in [6, 6.07) is 5.92. The molecule has 0 aromatic heterocycles. The molecule has 2 saturated heterocycles. The summed E-state index contributed by atoms with van der Waals surface area (Å²) in [6.07, 6.45) is 3.11. The largest absolute Gasteiger partial charge is 0.416 e. The molecule has 2 aliphatic carbocycles. The number of hydrogen-bond donors (Lipinski definition) is 1. The van der Waals surface area contributed by atoms with E-state index in [0.29, 0.717) is 49.7 Å². The number of alkyl halides is 3. The van der Waals surface area contributed by atoms with Crippen LogP contribution < -0.4 is 10.2 Å². The number of carbonyl (C=O) groups is 1. The zero-order valence-electron chi connectivity index (χ0n) is 19.8. The number of carbonyl (C=O) groups excluding carboxylic acids is 1. The van der Waals surface area contributed by atoms with Crippen LogP contribution in [0.3, 0.4) is 0 Å². The molecular weight excluding hydrogens is 443 g/mol. The maximum absolute atomic E-state index is 13.8. The van der Waals surface area contributed by atoms with Crippen molar-refractivity contribution in [3.63, 3.8) is 0 Å². The van der Waals surface area contributed by atoms with Crippen LogP contribution in [-0.4, -0.2) is 62.8 Å². The molecule has 2 heterocycles. The van der Waals surface area contributed by atoms with E-state index in [4.69, 9.17) is 4.74 Å². The average molecular weight is 480 g/mol. The van der Waals surface area contributed by atoms with Crippen molar-refractivity contribution in [2.75, 3.05) is 50.8 Å². The van der Waals surface area contributed by atoms with Crippen molar-refractivity contribution in [3.05, 3.63) is 29.8 Å². The number of anilines is 1. The monoisotopic (exact) mass is 479 g/mol. The molecule has 0 bridgehead atoms. The molecule has 1 aromatic carbocycles. The number of rotatable bonds is 5. The van der Waals surface area contributed by atoms with Gasteiger partial charge in [0.25, 0.3) is 0 Å². The Morgan fingerprint density at radius 1 is 1.12 bits per heavy atom. The fourth-order valence-electron chi connectivity index (χ4n) is 6.79. The van der Waals surface area contributed by atoms with Gasteiger partial charge in [-0.3, -0.25) is 4.79 Å². The standard InChI is InChI=1S/C26H36F3N3O2/c27-26(28,29)21-3-1-5-23(16-21)31-9-11-32(12-10-31)24(33)25-8-2-4-20(25)15-22(17-25)30-18-19-6-13-34-14-7-19/h1,3,5,16,19-20,22,30H,2,4,6-15,17-18H2. The maximum Gasteiger partial charge on any atom is 0.416 e. The molecule has 1 N–H and O–H groups in total.